The van der Waals surface area contributed by atoms with Crippen molar-refractivity contribution in [2.75, 3.05) is 26.2 Å². The highest BCUT2D eigenvalue weighted by molar-refractivity contribution is 5.99. The lowest BCUT2D eigenvalue weighted by Gasteiger charge is -2.34. The van der Waals surface area contributed by atoms with Gasteiger partial charge in [0.15, 0.2) is 0 Å². The summed E-state index contributed by atoms with van der Waals surface area (Å²) in [5.74, 6) is -1.54. The average molecular weight is 480 g/mol. The van der Waals surface area contributed by atoms with E-state index in [1.807, 2.05) is 13.8 Å². The van der Waals surface area contributed by atoms with E-state index in [-0.39, 0.29) is 24.3 Å². The molecule has 34 heavy (non-hydrogen) atoms. The van der Waals surface area contributed by atoms with Crippen LogP contribution in [0.3, 0.4) is 0 Å². The Morgan fingerprint density at radius 2 is 1.71 bits per heavy atom. The van der Waals surface area contributed by atoms with Crippen molar-refractivity contribution in [3.63, 3.8) is 0 Å². The number of fused-ring (bicyclic) bond motifs is 1. The van der Waals surface area contributed by atoms with Gasteiger partial charge >= 0.3 is 0 Å². The molecule has 0 saturated carbocycles. The molecule has 8 nitrogen and oxygen atoms in total. The van der Waals surface area contributed by atoms with E-state index in [2.05, 4.69) is 17.6 Å². The summed E-state index contributed by atoms with van der Waals surface area (Å²) in [5, 5.41) is 15.1. The third-order valence-corrected chi connectivity index (χ3v) is 8.15. The maximum absolute atomic E-state index is 13.9. The molecule has 2 unspecified atom stereocenters. The van der Waals surface area contributed by atoms with Gasteiger partial charge in [0.1, 0.15) is 11.6 Å². The summed E-state index contributed by atoms with van der Waals surface area (Å²) < 4.78 is 6.72. The Bertz CT molecular complexity index is 731. The minimum atomic E-state index is -0.929. The molecule has 3 fully saturated rings. The molecule has 0 aromatic rings. The lowest BCUT2D eigenvalue weighted by atomic mass is 9.65. The molecular formula is C26H45N3O5. The first-order valence-electron chi connectivity index (χ1n) is 13.6. The number of nitrogens with one attached hydrogen (secondary N) is 2. The van der Waals surface area contributed by atoms with Crippen LogP contribution in [0.25, 0.3) is 0 Å². The van der Waals surface area contributed by atoms with Crippen LogP contribution in [-0.4, -0.2) is 71.2 Å². The van der Waals surface area contributed by atoms with Crippen LogP contribution in [0.5, 0.6) is 0 Å². The number of carbonyl (C=O) groups excluding carboxylic acids is 3. The number of hydrogen-bond donors (Lipinski definition) is 3. The minimum absolute atomic E-state index is 0.109. The van der Waals surface area contributed by atoms with Crippen LogP contribution < -0.4 is 10.6 Å². The highest BCUT2D eigenvalue weighted by Crippen LogP contribution is 2.64. The Morgan fingerprint density at radius 3 is 2.38 bits per heavy atom. The maximum Gasteiger partial charge on any atom is 0.245 e. The van der Waals surface area contributed by atoms with Crippen LogP contribution in [0.15, 0.2) is 0 Å². The molecule has 3 aliphatic heterocycles. The van der Waals surface area contributed by atoms with E-state index in [1.165, 1.54) is 0 Å². The van der Waals surface area contributed by atoms with Crippen molar-refractivity contribution in [1.29, 1.82) is 0 Å². The Labute approximate surface area is 204 Å². The largest absolute Gasteiger partial charge is 0.396 e. The van der Waals surface area contributed by atoms with Gasteiger partial charge in [0.05, 0.1) is 17.4 Å². The van der Waals surface area contributed by atoms with Crippen molar-refractivity contribution in [2.45, 2.75) is 109 Å². The van der Waals surface area contributed by atoms with E-state index in [0.717, 1.165) is 51.4 Å². The number of amides is 3. The van der Waals surface area contributed by atoms with Crippen molar-refractivity contribution in [3.8, 4) is 0 Å². The van der Waals surface area contributed by atoms with Crippen LogP contribution >= 0.6 is 0 Å². The molecule has 0 aliphatic carbocycles. The zero-order valence-electron chi connectivity index (χ0n) is 21.4. The SMILES string of the molecule is CCCCCNC(=O)C1N(CCCCCCO)C(=O)[C@@H]2[C@@H](C(=O)NCCC)[C@@]3(CC)CCC12O3. The fraction of sp³-hybridized carbons (Fsp3) is 0.885. The van der Waals surface area contributed by atoms with Gasteiger partial charge in [-0.3, -0.25) is 14.4 Å². The van der Waals surface area contributed by atoms with Crippen LogP contribution in [0, 0.1) is 11.8 Å². The van der Waals surface area contributed by atoms with Crippen LogP contribution in [0.2, 0.25) is 0 Å². The number of aliphatic hydroxyl groups excluding tert-OH is 1. The summed E-state index contributed by atoms with van der Waals surface area (Å²) >= 11 is 0. The van der Waals surface area contributed by atoms with Crippen molar-refractivity contribution in [3.05, 3.63) is 0 Å². The Morgan fingerprint density at radius 1 is 0.971 bits per heavy atom. The second-order valence-corrected chi connectivity index (χ2v) is 10.3. The number of rotatable bonds is 15. The number of carbonyl (C=O) groups is 3. The van der Waals surface area contributed by atoms with Crippen molar-refractivity contribution in [2.24, 2.45) is 11.8 Å². The number of aliphatic hydroxyl groups is 1. The Kier molecular flexibility index (Phi) is 9.38. The van der Waals surface area contributed by atoms with E-state index < -0.39 is 29.1 Å². The molecule has 0 radical (unpaired) electrons. The number of likely N-dealkylation sites (tertiary alicyclic amines) is 1. The fourth-order valence-corrected chi connectivity index (χ4v) is 6.45. The summed E-state index contributed by atoms with van der Waals surface area (Å²) in [6, 6.07) is -0.693. The average Bonchev–Trinajstić information content (AvgIpc) is 3.44. The van der Waals surface area contributed by atoms with Gasteiger partial charge in [0.2, 0.25) is 17.7 Å². The van der Waals surface area contributed by atoms with Crippen molar-refractivity contribution < 1.29 is 24.2 Å². The summed E-state index contributed by atoms with van der Waals surface area (Å²) in [6.07, 6.45) is 9.09. The number of unbranched alkanes of at least 4 members (excludes halogenated alkanes) is 5. The molecule has 2 bridgehead atoms. The van der Waals surface area contributed by atoms with Gasteiger partial charge in [-0.05, 0) is 44.9 Å². The molecule has 0 aromatic carbocycles. The van der Waals surface area contributed by atoms with E-state index in [9.17, 15) is 14.4 Å². The fourth-order valence-electron chi connectivity index (χ4n) is 6.45. The van der Waals surface area contributed by atoms with Gasteiger partial charge < -0.3 is 25.4 Å². The molecule has 0 aromatic heterocycles. The summed E-state index contributed by atoms with van der Waals surface area (Å²) in [6.45, 7) is 7.94. The second-order valence-electron chi connectivity index (χ2n) is 10.3. The van der Waals surface area contributed by atoms with Gasteiger partial charge in [-0.25, -0.2) is 0 Å². The first-order valence-corrected chi connectivity index (χ1v) is 13.6. The molecule has 3 heterocycles. The number of hydrogen-bond acceptors (Lipinski definition) is 5. The number of nitrogens with zero attached hydrogens (tertiary/aromatic N) is 1. The molecule has 5 atom stereocenters. The van der Waals surface area contributed by atoms with Gasteiger partial charge in [0.25, 0.3) is 0 Å². The molecule has 8 heteroatoms. The van der Waals surface area contributed by atoms with E-state index in [0.29, 0.717) is 38.9 Å². The quantitative estimate of drug-likeness (QED) is 0.313. The monoisotopic (exact) mass is 479 g/mol. The van der Waals surface area contributed by atoms with E-state index in [4.69, 9.17) is 9.84 Å². The van der Waals surface area contributed by atoms with Crippen molar-refractivity contribution in [1.82, 2.24) is 15.5 Å². The zero-order chi connectivity index (χ0) is 24.8. The van der Waals surface area contributed by atoms with Crippen molar-refractivity contribution >= 4 is 17.7 Å². The highest BCUT2D eigenvalue weighted by atomic mass is 16.5. The topological polar surface area (TPSA) is 108 Å². The van der Waals surface area contributed by atoms with Gasteiger partial charge in [-0.1, -0.05) is 46.5 Å². The second kappa shape index (κ2) is 11.8. The molecule has 3 N–H and O–H groups in total. The highest BCUT2D eigenvalue weighted by Gasteiger charge is 2.78. The molecule has 3 amide bonds. The molecule has 3 rings (SSSR count). The van der Waals surface area contributed by atoms with Gasteiger partial charge in [-0.2, -0.15) is 0 Å². The Hall–Kier alpha value is -1.67. The normalized spacial score (nSPS) is 31.7. The van der Waals surface area contributed by atoms with Gasteiger partial charge in [-0.15, -0.1) is 0 Å². The first-order chi connectivity index (χ1) is 16.4. The smallest absolute Gasteiger partial charge is 0.245 e. The van der Waals surface area contributed by atoms with Crippen LogP contribution in [0.4, 0.5) is 0 Å². The van der Waals surface area contributed by atoms with Crippen LogP contribution in [-0.2, 0) is 19.1 Å². The lowest BCUT2D eigenvalue weighted by molar-refractivity contribution is -0.147. The summed E-state index contributed by atoms with van der Waals surface area (Å²) in [7, 11) is 0. The standard InChI is InChI=1S/C26H45N3O5/c1-4-7-10-16-28-23(32)21-26-14-13-25(6-3,34-26)19(22(31)27-15-5-2)20(26)24(33)29(21)17-11-8-9-12-18-30/h19-21,30H,4-18H2,1-3H3,(H,27,31)(H,28,32)/t19-,20-,21?,25+,26?/m0/s1. The third-order valence-electron chi connectivity index (χ3n) is 8.15. The molecule has 3 aliphatic rings. The molecule has 1 spiro atoms. The predicted molar refractivity (Wildman–Crippen MR) is 130 cm³/mol. The molecular weight excluding hydrogens is 434 g/mol. The molecule has 194 valence electrons. The maximum atomic E-state index is 13.9. The lowest BCUT2D eigenvalue weighted by Crippen LogP contribution is -2.55. The van der Waals surface area contributed by atoms with E-state index in [1.54, 1.807) is 4.90 Å². The Balaban J connectivity index is 1.87. The number of ether oxygens (including phenoxy) is 1. The summed E-state index contributed by atoms with van der Waals surface area (Å²) in [4.78, 5) is 42.5. The minimum Gasteiger partial charge on any atom is -0.396 e. The summed E-state index contributed by atoms with van der Waals surface area (Å²) in [5.41, 5.74) is -1.60. The molecule has 3 saturated heterocycles. The third kappa shape index (κ3) is 4.85. The first kappa shape index (κ1) is 26.9. The van der Waals surface area contributed by atoms with Crippen LogP contribution in [0.1, 0.15) is 91.4 Å². The predicted octanol–water partition coefficient (Wildman–Crippen LogP) is 2.53. The zero-order valence-corrected chi connectivity index (χ0v) is 21.4. The van der Waals surface area contributed by atoms with Gasteiger partial charge in [0, 0.05) is 26.2 Å². The van der Waals surface area contributed by atoms with E-state index >= 15 is 0 Å².